The van der Waals surface area contributed by atoms with Gasteiger partial charge in [-0.3, -0.25) is 9.78 Å². The van der Waals surface area contributed by atoms with E-state index in [2.05, 4.69) is 15.3 Å². The quantitative estimate of drug-likeness (QED) is 0.786. The molecular formula is C17H20N6O. The first kappa shape index (κ1) is 16.1. The van der Waals surface area contributed by atoms with Gasteiger partial charge in [0.05, 0.1) is 16.9 Å². The van der Waals surface area contributed by atoms with Crippen molar-refractivity contribution in [3.8, 4) is 5.69 Å². The van der Waals surface area contributed by atoms with Gasteiger partial charge >= 0.3 is 0 Å². The molecule has 0 saturated heterocycles. The third-order valence-electron chi connectivity index (χ3n) is 4.27. The molecule has 7 heteroatoms. The lowest BCUT2D eigenvalue weighted by atomic mass is 10.1. The highest BCUT2D eigenvalue weighted by atomic mass is 16.2. The number of rotatable bonds is 4. The molecule has 7 nitrogen and oxygen atoms in total. The average Bonchev–Trinajstić information content (AvgIpc) is 3.00. The van der Waals surface area contributed by atoms with Crippen LogP contribution in [0.2, 0.25) is 0 Å². The fourth-order valence-corrected chi connectivity index (χ4v) is 2.55. The van der Waals surface area contributed by atoms with Gasteiger partial charge in [-0.05, 0) is 38.1 Å². The standard InChI is InChI=1S/C17H20N6O/c1-11(10-18)22(3)17(24)16-12(2)23(21-20-16)15-8-4-7-14-13(15)6-5-9-19-14/h4-9,11H,10,18H2,1-3H3. The summed E-state index contributed by atoms with van der Waals surface area (Å²) >= 11 is 0. The minimum Gasteiger partial charge on any atom is -0.336 e. The second-order valence-electron chi connectivity index (χ2n) is 5.78. The summed E-state index contributed by atoms with van der Waals surface area (Å²) in [6.45, 7) is 4.13. The number of carbonyl (C=O) groups excluding carboxylic acids is 1. The highest BCUT2D eigenvalue weighted by molar-refractivity contribution is 5.94. The first-order chi connectivity index (χ1) is 11.5. The number of aromatic nitrogens is 4. The number of pyridine rings is 1. The zero-order valence-corrected chi connectivity index (χ0v) is 14.0. The molecule has 0 spiro atoms. The zero-order valence-electron chi connectivity index (χ0n) is 14.0. The van der Waals surface area contributed by atoms with E-state index in [1.807, 2.05) is 44.2 Å². The Hall–Kier alpha value is -2.80. The van der Waals surface area contributed by atoms with Crippen molar-refractivity contribution in [1.82, 2.24) is 24.9 Å². The normalized spacial score (nSPS) is 12.3. The summed E-state index contributed by atoms with van der Waals surface area (Å²) in [7, 11) is 1.72. The predicted octanol–water partition coefficient (Wildman–Crippen LogP) is 1.54. The number of fused-ring (bicyclic) bond motifs is 1. The number of hydrogen-bond donors (Lipinski definition) is 1. The topological polar surface area (TPSA) is 89.9 Å². The second kappa shape index (κ2) is 6.37. The van der Waals surface area contributed by atoms with Gasteiger partial charge in [0.25, 0.3) is 5.91 Å². The third-order valence-corrected chi connectivity index (χ3v) is 4.27. The molecule has 0 aliphatic carbocycles. The Kier molecular flexibility index (Phi) is 4.26. The van der Waals surface area contributed by atoms with Crippen molar-refractivity contribution in [2.24, 2.45) is 5.73 Å². The van der Waals surface area contributed by atoms with Gasteiger partial charge in [-0.1, -0.05) is 11.3 Å². The van der Waals surface area contributed by atoms with Crippen LogP contribution in [0.25, 0.3) is 16.6 Å². The van der Waals surface area contributed by atoms with Crippen LogP contribution in [0.5, 0.6) is 0 Å². The lowest BCUT2D eigenvalue weighted by Crippen LogP contribution is -2.40. The average molecular weight is 324 g/mol. The number of hydrogen-bond acceptors (Lipinski definition) is 5. The molecular weight excluding hydrogens is 304 g/mol. The van der Waals surface area contributed by atoms with Crippen molar-refractivity contribution in [2.45, 2.75) is 19.9 Å². The first-order valence-electron chi connectivity index (χ1n) is 7.78. The minimum absolute atomic E-state index is 0.0659. The first-order valence-corrected chi connectivity index (χ1v) is 7.78. The van der Waals surface area contributed by atoms with Crippen molar-refractivity contribution >= 4 is 16.8 Å². The fraction of sp³-hybridized carbons (Fsp3) is 0.294. The minimum atomic E-state index is -0.185. The molecule has 0 radical (unpaired) electrons. The highest BCUT2D eigenvalue weighted by Gasteiger charge is 2.23. The van der Waals surface area contributed by atoms with Gasteiger partial charge in [0.2, 0.25) is 0 Å². The number of benzene rings is 1. The molecule has 124 valence electrons. The summed E-state index contributed by atoms with van der Waals surface area (Å²) < 4.78 is 1.68. The molecule has 2 N–H and O–H groups in total. The smallest absolute Gasteiger partial charge is 0.276 e. The van der Waals surface area contributed by atoms with Crippen LogP contribution in [0.3, 0.4) is 0 Å². The van der Waals surface area contributed by atoms with Gasteiger partial charge < -0.3 is 10.6 Å². The summed E-state index contributed by atoms with van der Waals surface area (Å²) in [6.07, 6.45) is 1.75. The van der Waals surface area contributed by atoms with Crippen molar-refractivity contribution in [2.75, 3.05) is 13.6 Å². The van der Waals surface area contributed by atoms with Crippen LogP contribution in [0, 0.1) is 6.92 Å². The van der Waals surface area contributed by atoms with Gasteiger partial charge in [-0.15, -0.1) is 5.10 Å². The Bertz CT molecular complexity index is 882. The number of nitrogens with two attached hydrogens (primary N) is 1. The van der Waals surface area contributed by atoms with Crippen LogP contribution in [0.4, 0.5) is 0 Å². The lowest BCUT2D eigenvalue weighted by Gasteiger charge is -2.22. The Morgan fingerprint density at radius 3 is 2.88 bits per heavy atom. The molecule has 1 unspecified atom stereocenters. The summed E-state index contributed by atoms with van der Waals surface area (Å²) in [5.74, 6) is -0.185. The van der Waals surface area contributed by atoms with E-state index in [0.717, 1.165) is 16.6 Å². The Morgan fingerprint density at radius 1 is 1.33 bits per heavy atom. The van der Waals surface area contributed by atoms with Crippen LogP contribution in [-0.2, 0) is 0 Å². The highest BCUT2D eigenvalue weighted by Crippen LogP contribution is 2.22. The molecule has 1 amide bonds. The van der Waals surface area contributed by atoms with Gasteiger partial charge in [0, 0.05) is 31.2 Å². The SMILES string of the molecule is Cc1c(C(=O)N(C)C(C)CN)nnn1-c1cccc2ncccc12. The second-order valence-corrected chi connectivity index (χ2v) is 5.78. The summed E-state index contributed by atoms with van der Waals surface area (Å²) in [6, 6.07) is 9.57. The number of amides is 1. The monoisotopic (exact) mass is 324 g/mol. The molecule has 3 rings (SSSR count). The molecule has 0 aliphatic rings. The summed E-state index contributed by atoms with van der Waals surface area (Å²) in [5, 5.41) is 9.24. The summed E-state index contributed by atoms with van der Waals surface area (Å²) in [4.78, 5) is 18.6. The molecule has 24 heavy (non-hydrogen) atoms. The van der Waals surface area contributed by atoms with Crippen LogP contribution >= 0.6 is 0 Å². The molecule has 1 aromatic carbocycles. The van der Waals surface area contributed by atoms with E-state index in [1.165, 1.54) is 0 Å². The maximum Gasteiger partial charge on any atom is 0.276 e. The molecule has 1 atom stereocenters. The van der Waals surface area contributed by atoms with E-state index in [4.69, 9.17) is 5.73 Å². The van der Waals surface area contributed by atoms with E-state index in [0.29, 0.717) is 17.9 Å². The maximum atomic E-state index is 12.6. The van der Waals surface area contributed by atoms with Crippen molar-refractivity contribution in [3.63, 3.8) is 0 Å². The van der Waals surface area contributed by atoms with E-state index < -0.39 is 0 Å². The zero-order chi connectivity index (χ0) is 17.3. The van der Waals surface area contributed by atoms with E-state index in [-0.39, 0.29) is 11.9 Å². The number of likely N-dealkylation sites (N-methyl/N-ethyl adjacent to an activating group) is 1. The predicted molar refractivity (Wildman–Crippen MR) is 92.0 cm³/mol. The van der Waals surface area contributed by atoms with E-state index in [1.54, 1.807) is 22.8 Å². The molecule has 2 aromatic heterocycles. The van der Waals surface area contributed by atoms with Crippen molar-refractivity contribution in [3.05, 3.63) is 47.9 Å². The molecule has 3 aromatic rings. The van der Waals surface area contributed by atoms with Gasteiger partial charge in [-0.25, -0.2) is 4.68 Å². The largest absolute Gasteiger partial charge is 0.336 e. The van der Waals surface area contributed by atoms with Crippen LogP contribution in [0.1, 0.15) is 23.1 Å². The lowest BCUT2D eigenvalue weighted by molar-refractivity contribution is 0.0741. The maximum absolute atomic E-state index is 12.6. The molecule has 0 bridgehead atoms. The fourth-order valence-electron chi connectivity index (χ4n) is 2.55. The molecule has 2 heterocycles. The van der Waals surface area contributed by atoms with Gasteiger partial charge in [0.15, 0.2) is 5.69 Å². The Labute approximate surface area is 140 Å². The summed E-state index contributed by atoms with van der Waals surface area (Å²) in [5.41, 5.74) is 8.38. The van der Waals surface area contributed by atoms with Crippen LogP contribution in [0.15, 0.2) is 36.5 Å². The molecule has 0 saturated carbocycles. The molecule has 0 fully saturated rings. The molecule has 0 aliphatic heterocycles. The Morgan fingerprint density at radius 2 is 2.12 bits per heavy atom. The number of nitrogens with zero attached hydrogens (tertiary/aromatic N) is 5. The Balaban J connectivity index is 2.05. The van der Waals surface area contributed by atoms with E-state index >= 15 is 0 Å². The van der Waals surface area contributed by atoms with Crippen LogP contribution < -0.4 is 5.73 Å². The van der Waals surface area contributed by atoms with E-state index in [9.17, 15) is 4.79 Å². The van der Waals surface area contributed by atoms with Crippen LogP contribution in [-0.4, -0.2) is 50.4 Å². The van der Waals surface area contributed by atoms with Gasteiger partial charge in [0.1, 0.15) is 0 Å². The number of carbonyl (C=O) groups is 1. The van der Waals surface area contributed by atoms with Gasteiger partial charge in [-0.2, -0.15) is 0 Å². The van der Waals surface area contributed by atoms with Crippen molar-refractivity contribution in [1.29, 1.82) is 0 Å². The third kappa shape index (κ3) is 2.63. The van der Waals surface area contributed by atoms with Crippen molar-refractivity contribution < 1.29 is 4.79 Å².